The number of Topliss-reactive ketones (excluding diaryl/α,β-unsaturated/α-hetero) is 2. The second-order valence-electron chi connectivity index (χ2n) is 14.9. The lowest BCUT2D eigenvalue weighted by atomic mass is 9.33. The Labute approximate surface area is 230 Å². The molecular formula is C32H43FO6. The molecule has 0 aromatic carbocycles. The third kappa shape index (κ3) is 3.23. The monoisotopic (exact) mass is 542 g/mol. The van der Waals surface area contributed by atoms with Gasteiger partial charge in [0.15, 0.2) is 5.78 Å². The predicted molar refractivity (Wildman–Crippen MR) is 143 cm³/mol. The number of halogens is 1. The van der Waals surface area contributed by atoms with Gasteiger partial charge in [-0.2, -0.15) is 0 Å². The van der Waals surface area contributed by atoms with E-state index in [1.165, 1.54) is 7.11 Å². The standard InChI is InChI=1S/C32H43FO6/c1-27(2)10-12-32(26(38)39-7)13-11-30(5)23(18(32)15-27)20(35)14-22-29(30,4)9-8-21-28(3,17-34)25(37)24(36)19(16-33)31(21,22)6/h14,16,18,21,23,34H,8-13,15,17H2,1-7H3/b19-16+/t18-,21-,23-,28+,29+,30+,31-,32-/m0/s1. The van der Waals surface area contributed by atoms with Gasteiger partial charge in [0.05, 0.1) is 30.9 Å². The van der Waals surface area contributed by atoms with Gasteiger partial charge in [-0.05, 0) is 91.6 Å². The van der Waals surface area contributed by atoms with E-state index in [9.17, 15) is 28.7 Å². The van der Waals surface area contributed by atoms with Crippen LogP contribution in [0.5, 0.6) is 0 Å². The summed E-state index contributed by atoms with van der Waals surface area (Å²) in [6, 6.07) is 0. The highest BCUT2D eigenvalue weighted by atomic mass is 19.1. The van der Waals surface area contributed by atoms with Crippen molar-refractivity contribution < 1.29 is 33.4 Å². The normalized spacial score (nSPS) is 47.9. The molecule has 0 radical (unpaired) electrons. The first kappa shape index (κ1) is 28.4. The van der Waals surface area contributed by atoms with Crippen molar-refractivity contribution >= 4 is 23.3 Å². The van der Waals surface area contributed by atoms with Crippen LogP contribution in [-0.2, 0) is 23.9 Å². The SMILES string of the molecule is COC(=O)[C@]12CCC(C)(C)C[C@H]1[C@H]1C(=O)C=C3[C@@]4(C)/C(=C/F)C(=O)C(=O)[C@](C)(CO)[C@@H]4CC[C@@]3(C)[C@]1(C)CC2. The summed E-state index contributed by atoms with van der Waals surface area (Å²) in [6.45, 7) is 11.5. The van der Waals surface area contributed by atoms with Gasteiger partial charge in [-0.3, -0.25) is 19.2 Å². The first-order chi connectivity index (χ1) is 18.0. The van der Waals surface area contributed by atoms with E-state index >= 15 is 0 Å². The average Bonchev–Trinajstić information content (AvgIpc) is 2.88. The number of carbonyl (C=O) groups is 4. The van der Waals surface area contributed by atoms with Crippen LogP contribution in [0.3, 0.4) is 0 Å². The fourth-order valence-electron chi connectivity index (χ4n) is 10.3. The van der Waals surface area contributed by atoms with E-state index in [0.29, 0.717) is 37.7 Å². The molecule has 0 aromatic heterocycles. The molecule has 4 fully saturated rings. The van der Waals surface area contributed by atoms with Crippen LogP contribution >= 0.6 is 0 Å². The van der Waals surface area contributed by atoms with E-state index in [0.717, 1.165) is 12.8 Å². The smallest absolute Gasteiger partial charge is 0.312 e. The van der Waals surface area contributed by atoms with Crippen molar-refractivity contribution in [1.82, 2.24) is 0 Å². The summed E-state index contributed by atoms with van der Waals surface area (Å²) >= 11 is 0. The van der Waals surface area contributed by atoms with Crippen molar-refractivity contribution in [2.45, 2.75) is 86.5 Å². The summed E-state index contributed by atoms with van der Waals surface area (Å²) in [4.78, 5) is 54.2. The first-order valence-corrected chi connectivity index (χ1v) is 14.4. The van der Waals surface area contributed by atoms with Crippen LogP contribution in [0.25, 0.3) is 0 Å². The van der Waals surface area contributed by atoms with Gasteiger partial charge in [-0.15, -0.1) is 0 Å². The lowest BCUT2D eigenvalue weighted by Gasteiger charge is -2.69. The van der Waals surface area contributed by atoms with Crippen LogP contribution in [0.15, 0.2) is 23.6 Å². The second-order valence-corrected chi connectivity index (χ2v) is 14.9. The van der Waals surface area contributed by atoms with Crippen molar-refractivity contribution in [1.29, 1.82) is 0 Å². The molecule has 1 N–H and O–H groups in total. The molecule has 4 saturated carbocycles. The third-order valence-electron chi connectivity index (χ3n) is 12.9. The van der Waals surface area contributed by atoms with Crippen LogP contribution in [0.2, 0.25) is 0 Å². The number of methoxy groups -OCH3 is 1. The number of aliphatic hydroxyl groups is 1. The highest BCUT2D eigenvalue weighted by molar-refractivity contribution is 6.46. The fourth-order valence-corrected chi connectivity index (χ4v) is 10.3. The molecule has 0 heterocycles. The topological polar surface area (TPSA) is 97.7 Å². The van der Waals surface area contributed by atoms with Gasteiger partial charge >= 0.3 is 5.97 Å². The molecule has 6 nitrogen and oxygen atoms in total. The molecule has 5 aliphatic rings. The molecule has 0 spiro atoms. The second kappa shape index (κ2) is 8.43. The molecule has 214 valence electrons. The van der Waals surface area contributed by atoms with E-state index in [4.69, 9.17) is 4.74 Å². The van der Waals surface area contributed by atoms with Gasteiger partial charge in [-0.1, -0.05) is 34.6 Å². The Morgan fingerprint density at radius 2 is 1.69 bits per heavy atom. The van der Waals surface area contributed by atoms with Crippen molar-refractivity contribution in [3.05, 3.63) is 23.6 Å². The molecule has 5 rings (SSSR count). The largest absolute Gasteiger partial charge is 0.469 e. The quantitative estimate of drug-likeness (QED) is 0.288. The van der Waals surface area contributed by atoms with Gasteiger partial charge in [0.2, 0.25) is 11.6 Å². The molecule has 0 amide bonds. The number of rotatable bonds is 2. The van der Waals surface area contributed by atoms with E-state index in [2.05, 4.69) is 27.7 Å². The van der Waals surface area contributed by atoms with Crippen molar-refractivity contribution in [3.8, 4) is 0 Å². The number of fused-ring (bicyclic) bond motifs is 7. The number of hydrogen-bond donors (Lipinski definition) is 1. The van der Waals surface area contributed by atoms with Crippen LogP contribution < -0.4 is 0 Å². The number of carbonyl (C=O) groups excluding carboxylic acids is 4. The Kier molecular flexibility index (Phi) is 6.14. The molecule has 0 unspecified atom stereocenters. The first-order valence-electron chi connectivity index (χ1n) is 14.4. The van der Waals surface area contributed by atoms with Gasteiger partial charge in [0.25, 0.3) is 0 Å². The van der Waals surface area contributed by atoms with E-state index in [-0.39, 0.29) is 35.0 Å². The lowest BCUT2D eigenvalue weighted by molar-refractivity contribution is -0.192. The molecule has 8 atom stereocenters. The number of allylic oxidation sites excluding steroid dienone is 3. The number of ketones is 3. The predicted octanol–water partition coefficient (Wildman–Crippen LogP) is 5.32. The summed E-state index contributed by atoms with van der Waals surface area (Å²) in [5.41, 5.74) is -3.95. The highest BCUT2D eigenvalue weighted by Gasteiger charge is 2.73. The molecule has 0 aliphatic heterocycles. The molecule has 7 heteroatoms. The number of hydrogen-bond acceptors (Lipinski definition) is 6. The maximum absolute atomic E-state index is 14.6. The number of esters is 1. The molecule has 0 saturated heterocycles. The summed E-state index contributed by atoms with van der Waals surface area (Å²) in [7, 11) is 1.43. The Morgan fingerprint density at radius 3 is 2.28 bits per heavy atom. The molecule has 39 heavy (non-hydrogen) atoms. The van der Waals surface area contributed by atoms with E-state index in [1.54, 1.807) is 19.9 Å². The van der Waals surface area contributed by atoms with Crippen molar-refractivity contribution in [2.75, 3.05) is 13.7 Å². The zero-order valence-corrected chi connectivity index (χ0v) is 24.4. The zero-order valence-electron chi connectivity index (χ0n) is 24.4. The number of ether oxygens (including phenoxy) is 1. The fraction of sp³-hybridized carbons (Fsp3) is 0.750. The minimum Gasteiger partial charge on any atom is -0.469 e. The maximum Gasteiger partial charge on any atom is 0.312 e. The van der Waals surface area contributed by atoms with Crippen molar-refractivity contribution in [3.63, 3.8) is 0 Å². The summed E-state index contributed by atoms with van der Waals surface area (Å²) in [6.07, 6.45) is 6.58. The minimum absolute atomic E-state index is 0.0293. The van der Waals surface area contributed by atoms with E-state index < -0.39 is 57.1 Å². The molecule has 5 aliphatic carbocycles. The van der Waals surface area contributed by atoms with Crippen LogP contribution in [0.1, 0.15) is 86.5 Å². The van der Waals surface area contributed by atoms with Crippen LogP contribution in [0, 0.1) is 50.2 Å². The van der Waals surface area contributed by atoms with Crippen molar-refractivity contribution in [2.24, 2.45) is 50.2 Å². The number of aliphatic hydroxyl groups excluding tert-OH is 1. The highest BCUT2D eigenvalue weighted by Crippen LogP contribution is 2.75. The minimum atomic E-state index is -1.36. The van der Waals surface area contributed by atoms with E-state index in [1.807, 2.05) is 0 Å². The molecule has 0 bridgehead atoms. The Hall–Kier alpha value is -2.15. The lowest BCUT2D eigenvalue weighted by Crippen LogP contribution is -2.67. The van der Waals surface area contributed by atoms with Gasteiger partial charge in [0.1, 0.15) is 0 Å². The Morgan fingerprint density at radius 1 is 1.05 bits per heavy atom. The van der Waals surface area contributed by atoms with Gasteiger partial charge in [0, 0.05) is 16.9 Å². The Bertz CT molecular complexity index is 1230. The molecular weight excluding hydrogens is 499 g/mol. The van der Waals surface area contributed by atoms with Gasteiger partial charge < -0.3 is 9.84 Å². The average molecular weight is 543 g/mol. The third-order valence-corrected chi connectivity index (χ3v) is 12.9. The zero-order chi connectivity index (χ0) is 29.0. The Balaban J connectivity index is 1.73. The summed E-state index contributed by atoms with van der Waals surface area (Å²) in [5.74, 6) is -3.13. The van der Waals surface area contributed by atoms with Crippen LogP contribution in [0.4, 0.5) is 4.39 Å². The maximum atomic E-state index is 14.6. The summed E-state index contributed by atoms with van der Waals surface area (Å²) < 4.78 is 20.0. The van der Waals surface area contributed by atoms with Crippen LogP contribution in [-0.4, -0.2) is 42.1 Å². The van der Waals surface area contributed by atoms with Gasteiger partial charge in [-0.25, -0.2) is 4.39 Å². The molecule has 0 aromatic rings. The summed E-state index contributed by atoms with van der Waals surface area (Å²) in [5, 5.41) is 10.4.